The molecule has 0 saturated carbocycles. The van der Waals surface area contributed by atoms with Crippen LogP contribution in [-0.2, 0) is 23.7 Å². The number of benzene rings is 2. The van der Waals surface area contributed by atoms with E-state index in [1.54, 1.807) is 6.20 Å². The molecule has 0 spiro atoms. The van der Waals surface area contributed by atoms with Gasteiger partial charge in [0.25, 0.3) is 0 Å². The van der Waals surface area contributed by atoms with Gasteiger partial charge in [0, 0.05) is 68.3 Å². The zero-order valence-electron chi connectivity index (χ0n) is 25.4. The number of pyridine rings is 1. The number of hydrogen-bond donors (Lipinski definition) is 1. The Bertz CT molecular complexity index is 1570. The predicted molar refractivity (Wildman–Crippen MR) is 170 cm³/mol. The van der Waals surface area contributed by atoms with E-state index >= 15 is 0 Å². The summed E-state index contributed by atoms with van der Waals surface area (Å²) in [7, 11) is 1.98. The van der Waals surface area contributed by atoms with Crippen LogP contribution in [0.1, 0.15) is 45.9 Å². The Balaban J connectivity index is 1.24. The molecule has 1 aliphatic rings. The lowest BCUT2D eigenvalue weighted by Gasteiger charge is -2.36. The van der Waals surface area contributed by atoms with E-state index in [2.05, 4.69) is 60.8 Å². The molecule has 2 aromatic heterocycles. The van der Waals surface area contributed by atoms with E-state index in [1.807, 2.05) is 54.1 Å². The van der Waals surface area contributed by atoms with Gasteiger partial charge < -0.3 is 14.6 Å². The van der Waals surface area contributed by atoms with Gasteiger partial charge in [-0.2, -0.15) is 0 Å². The number of aryl methyl sites for hydroxylation is 1. The number of fused-ring (bicyclic) bond motifs is 1. The number of ether oxygens (including phenoxy) is 1. The molecule has 222 valence electrons. The summed E-state index contributed by atoms with van der Waals surface area (Å²) in [6.45, 7) is 15.2. The number of carbonyl (C=O) groups is 1. The van der Waals surface area contributed by atoms with Crippen molar-refractivity contribution >= 4 is 40.1 Å². The number of piperazine rings is 1. The first kappa shape index (κ1) is 30.0. The van der Waals surface area contributed by atoms with E-state index in [4.69, 9.17) is 21.3 Å². The zero-order valence-corrected chi connectivity index (χ0v) is 26.2. The van der Waals surface area contributed by atoms with Crippen LogP contribution < -0.4 is 10.1 Å². The molecule has 1 aliphatic heterocycles. The molecule has 0 amide bonds. The molecule has 0 unspecified atom stereocenters. The normalized spacial score (nSPS) is 15.0. The Labute approximate surface area is 253 Å². The molecule has 0 radical (unpaired) electrons. The smallest absolute Gasteiger partial charge is 0.208 e. The first-order chi connectivity index (χ1) is 20.0. The van der Waals surface area contributed by atoms with E-state index in [0.29, 0.717) is 29.8 Å². The maximum absolute atomic E-state index is 12.8. The van der Waals surface area contributed by atoms with Crippen molar-refractivity contribution in [3.63, 3.8) is 0 Å². The second kappa shape index (κ2) is 12.4. The van der Waals surface area contributed by atoms with Gasteiger partial charge >= 0.3 is 0 Å². The number of anilines is 2. The zero-order chi connectivity index (χ0) is 30.0. The maximum atomic E-state index is 12.8. The number of imidazole rings is 1. The molecule has 4 aromatic rings. The summed E-state index contributed by atoms with van der Waals surface area (Å²) >= 11 is 6.46. The van der Waals surface area contributed by atoms with Crippen LogP contribution in [-0.4, -0.2) is 68.9 Å². The van der Waals surface area contributed by atoms with Gasteiger partial charge in [-0.3, -0.25) is 19.6 Å². The second-order valence-corrected chi connectivity index (χ2v) is 12.8. The maximum Gasteiger partial charge on any atom is 0.208 e. The third kappa shape index (κ3) is 7.12. The molecular weight excluding hydrogens is 548 g/mol. The highest BCUT2D eigenvalue weighted by Gasteiger charge is 2.21. The van der Waals surface area contributed by atoms with Gasteiger partial charge in [0.1, 0.15) is 11.5 Å². The summed E-state index contributed by atoms with van der Waals surface area (Å²) < 4.78 is 8.19. The molecule has 1 fully saturated rings. The third-order valence-electron chi connectivity index (χ3n) is 7.82. The fourth-order valence-corrected chi connectivity index (χ4v) is 5.76. The standard InChI is InChI=1S/C33H41ClN6O2/c1-22(2)40-15-13-39(14-16-40)21-25(41)17-24-18-27(11-12-35-24)42-26-8-10-31-30(20-26)37-32(38(31)6)36-23-7-9-29(34)28(19-23)33(3,4)5/h7-12,18-20,22H,13-17,21H2,1-6H3,(H,36,37). The lowest BCUT2D eigenvalue weighted by atomic mass is 9.87. The van der Waals surface area contributed by atoms with Crippen molar-refractivity contribution in [2.75, 3.05) is 38.0 Å². The highest BCUT2D eigenvalue weighted by molar-refractivity contribution is 6.31. The molecule has 5 rings (SSSR count). The van der Waals surface area contributed by atoms with Crippen molar-refractivity contribution in [1.29, 1.82) is 0 Å². The summed E-state index contributed by atoms with van der Waals surface area (Å²) in [5.41, 5.74) is 4.43. The molecule has 9 heteroatoms. The summed E-state index contributed by atoms with van der Waals surface area (Å²) in [6.07, 6.45) is 1.98. The summed E-state index contributed by atoms with van der Waals surface area (Å²) in [4.78, 5) is 26.7. The number of nitrogens with one attached hydrogen (secondary N) is 1. The van der Waals surface area contributed by atoms with E-state index in [1.165, 1.54) is 0 Å². The Kier molecular flexibility index (Phi) is 8.87. The minimum Gasteiger partial charge on any atom is -0.457 e. The molecule has 0 atom stereocenters. The number of hydrogen-bond acceptors (Lipinski definition) is 7. The van der Waals surface area contributed by atoms with Gasteiger partial charge in [-0.25, -0.2) is 4.98 Å². The van der Waals surface area contributed by atoms with Crippen LogP contribution in [0.2, 0.25) is 5.02 Å². The average Bonchev–Trinajstić information content (AvgIpc) is 3.23. The number of Topliss-reactive ketones (excluding diaryl/α,β-unsaturated/α-hetero) is 1. The Hall–Kier alpha value is -3.46. The highest BCUT2D eigenvalue weighted by Crippen LogP contribution is 2.33. The van der Waals surface area contributed by atoms with E-state index in [-0.39, 0.29) is 17.6 Å². The topological polar surface area (TPSA) is 75.5 Å². The van der Waals surface area contributed by atoms with Crippen LogP contribution >= 0.6 is 11.6 Å². The van der Waals surface area contributed by atoms with Crippen molar-refractivity contribution in [1.82, 2.24) is 24.3 Å². The number of rotatable bonds is 9. The van der Waals surface area contributed by atoms with Crippen molar-refractivity contribution in [2.45, 2.75) is 52.5 Å². The number of halogens is 1. The van der Waals surface area contributed by atoms with E-state index < -0.39 is 0 Å². The Morgan fingerprint density at radius 3 is 2.48 bits per heavy atom. The van der Waals surface area contributed by atoms with Gasteiger partial charge in [0.15, 0.2) is 5.78 Å². The minimum atomic E-state index is -0.0728. The molecule has 42 heavy (non-hydrogen) atoms. The molecule has 8 nitrogen and oxygen atoms in total. The largest absolute Gasteiger partial charge is 0.457 e. The van der Waals surface area contributed by atoms with Gasteiger partial charge in [-0.1, -0.05) is 32.4 Å². The van der Waals surface area contributed by atoms with Gasteiger partial charge in [-0.15, -0.1) is 0 Å². The van der Waals surface area contributed by atoms with Crippen molar-refractivity contribution < 1.29 is 9.53 Å². The third-order valence-corrected chi connectivity index (χ3v) is 8.15. The number of nitrogens with zero attached hydrogens (tertiary/aromatic N) is 5. The average molecular weight is 589 g/mol. The Morgan fingerprint density at radius 2 is 1.76 bits per heavy atom. The highest BCUT2D eigenvalue weighted by atomic mass is 35.5. The summed E-state index contributed by atoms with van der Waals surface area (Å²) in [6, 6.07) is 16.0. The molecule has 0 bridgehead atoms. The number of carbonyl (C=O) groups excluding carboxylic acids is 1. The second-order valence-electron chi connectivity index (χ2n) is 12.4. The van der Waals surface area contributed by atoms with Crippen molar-refractivity contribution in [2.24, 2.45) is 7.05 Å². The fraction of sp³-hybridized carbons (Fsp3) is 0.424. The van der Waals surface area contributed by atoms with Gasteiger partial charge in [0.2, 0.25) is 5.95 Å². The van der Waals surface area contributed by atoms with E-state index in [0.717, 1.165) is 59.4 Å². The molecule has 2 aromatic carbocycles. The lowest BCUT2D eigenvalue weighted by molar-refractivity contribution is -0.120. The monoisotopic (exact) mass is 588 g/mol. The first-order valence-corrected chi connectivity index (χ1v) is 15.0. The van der Waals surface area contributed by atoms with Gasteiger partial charge in [0.05, 0.1) is 29.7 Å². The fourth-order valence-electron chi connectivity index (χ4n) is 5.36. The van der Waals surface area contributed by atoms with Crippen LogP contribution in [0.5, 0.6) is 11.5 Å². The molecular formula is C33H41ClN6O2. The minimum absolute atomic E-state index is 0.0728. The van der Waals surface area contributed by atoms with Gasteiger partial charge in [-0.05, 0) is 61.2 Å². The lowest BCUT2D eigenvalue weighted by Crippen LogP contribution is -2.50. The number of aromatic nitrogens is 3. The molecule has 1 N–H and O–H groups in total. The molecule has 3 heterocycles. The van der Waals surface area contributed by atoms with Crippen molar-refractivity contribution in [3.8, 4) is 11.5 Å². The van der Waals surface area contributed by atoms with Crippen LogP contribution in [0, 0.1) is 0 Å². The summed E-state index contributed by atoms with van der Waals surface area (Å²) in [5, 5.41) is 4.19. The molecule has 0 aliphatic carbocycles. The number of ketones is 1. The SMILES string of the molecule is CC(C)N1CCN(CC(=O)Cc2cc(Oc3ccc4c(c3)nc(Nc3ccc(Cl)c(C(C)(C)C)c3)n4C)ccn2)CC1. The predicted octanol–water partition coefficient (Wildman–Crippen LogP) is 6.59. The van der Waals surface area contributed by atoms with Crippen LogP contribution in [0.3, 0.4) is 0 Å². The Morgan fingerprint density at radius 1 is 1.02 bits per heavy atom. The quantitative estimate of drug-likeness (QED) is 0.236. The first-order valence-electron chi connectivity index (χ1n) is 14.6. The van der Waals surface area contributed by atoms with Crippen molar-refractivity contribution in [3.05, 3.63) is 71.0 Å². The van der Waals surface area contributed by atoms with Crippen LogP contribution in [0.25, 0.3) is 11.0 Å². The van der Waals surface area contributed by atoms with Crippen LogP contribution in [0.4, 0.5) is 11.6 Å². The summed E-state index contributed by atoms with van der Waals surface area (Å²) in [5.74, 6) is 2.20. The van der Waals surface area contributed by atoms with Crippen LogP contribution in [0.15, 0.2) is 54.7 Å². The van der Waals surface area contributed by atoms with E-state index in [9.17, 15) is 4.79 Å². The molecule has 1 saturated heterocycles.